The summed E-state index contributed by atoms with van der Waals surface area (Å²) >= 11 is 0. The molecule has 0 N–H and O–H groups in total. The fourth-order valence-electron chi connectivity index (χ4n) is 3.93. The van der Waals surface area contributed by atoms with Gasteiger partial charge < -0.3 is 4.74 Å². The second-order valence-electron chi connectivity index (χ2n) is 6.83. The molecule has 0 radical (unpaired) electrons. The van der Waals surface area contributed by atoms with E-state index in [0.29, 0.717) is 18.4 Å². The summed E-state index contributed by atoms with van der Waals surface area (Å²) < 4.78 is 5.84. The number of rotatable bonds is 4. The maximum absolute atomic E-state index is 9.85. The zero-order valence-electron chi connectivity index (χ0n) is 14.0. The number of nitriles is 1. The minimum atomic E-state index is -0.353. The summed E-state index contributed by atoms with van der Waals surface area (Å²) in [6.45, 7) is 7.07. The van der Waals surface area contributed by atoms with Gasteiger partial charge in [-0.3, -0.25) is 0 Å². The Kier molecular flexibility index (Phi) is 4.13. The largest absolute Gasteiger partial charge is 0.489 e. The first kappa shape index (κ1) is 15.6. The van der Waals surface area contributed by atoms with E-state index in [1.807, 2.05) is 30.3 Å². The van der Waals surface area contributed by atoms with Gasteiger partial charge in [-0.1, -0.05) is 57.2 Å². The molecule has 0 aromatic heterocycles. The molecule has 0 aliphatic heterocycles. The van der Waals surface area contributed by atoms with E-state index in [0.717, 1.165) is 17.7 Å². The highest BCUT2D eigenvalue weighted by Crippen LogP contribution is 2.48. The van der Waals surface area contributed by atoms with Crippen molar-refractivity contribution in [3.63, 3.8) is 0 Å². The van der Waals surface area contributed by atoms with Crippen LogP contribution in [0.2, 0.25) is 0 Å². The maximum Gasteiger partial charge on any atom is 0.119 e. The first-order valence-electron chi connectivity index (χ1n) is 8.29. The SMILES string of the molecule is CC(C)[C@]1(C#N)c2ccc(COc3ccccc3)cc2C[C@H]1C. The van der Waals surface area contributed by atoms with Crippen molar-refractivity contribution in [2.45, 2.75) is 39.2 Å². The van der Waals surface area contributed by atoms with Crippen LogP contribution in [0.25, 0.3) is 0 Å². The van der Waals surface area contributed by atoms with Crippen LogP contribution in [-0.4, -0.2) is 0 Å². The van der Waals surface area contributed by atoms with E-state index in [1.54, 1.807) is 0 Å². The predicted molar refractivity (Wildman–Crippen MR) is 92.2 cm³/mol. The van der Waals surface area contributed by atoms with Gasteiger partial charge in [0.15, 0.2) is 0 Å². The molecule has 2 aromatic carbocycles. The minimum absolute atomic E-state index is 0.315. The Bertz CT molecular complexity index is 729. The summed E-state index contributed by atoms with van der Waals surface area (Å²) in [5.41, 5.74) is 3.33. The molecule has 0 unspecified atom stereocenters. The molecule has 0 saturated heterocycles. The van der Waals surface area contributed by atoms with Crippen LogP contribution in [0.15, 0.2) is 48.5 Å². The van der Waals surface area contributed by atoms with Crippen molar-refractivity contribution in [1.82, 2.24) is 0 Å². The molecule has 1 aliphatic rings. The minimum Gasteiger partial charge on any atom is -0.489 e. The Morgan fingerprint density at radius 2 is 1.96 bits per heavy atom. The number of fused-ring (bicyclic) bond motifs is 1. The van der Waals surface area contributed by atoms with Crippen molar-refractivity contribution in [3.05, 3.63) is 65.2 Å². The number of para-hydroxylation sites is 1. The van der Waals surface area contributed by atoms with Crippen LogP contribution in [0, 0.1) is 23.2 Å². The molecule has 2 heteroatoms. The van der Waals surface area contributed by atoms with Crippen molar-refractivity contribution < 1.29 is 4.74 Å². The maximum atomic E-state index is 9.85. The van der Waals surface area contributed by atoms with Gasteiger partial charge in [-0.2, -0.15) is 5.26 Å². The number of hydrogen-bond donors (Lipinski definition) is 0. The second kappa shape index (κ2) is 6.08. The molecule has 2 aromatic rings. The van der Waals surface area contributed by atoms with Gasteiger partial charge in [-0.25, -0.2) is 0 Å². The van der Waals surface area contributed by atoms with E-state index in [1.165, 1.54) is 11.1 Å². The zero-order chi connectivity index (χ0) is 16.4. The van der Waals surface area contributed by atoms with Crippen LogP contribution >= 0.6 is 0 Å². The van der Waals surface area contributed by atoms with Gasteiger partial charge >= 0.3 is 0 Å². The summed E-state index contributed by atoms with van der Waals surface area (Å²) in [5, 5.41) is 9.85. The number of hydrogen-bond acceptors (Lipinski definition) is 2. The second-order valence-corrected chi connectivity index (χ2v) is 6.83. The Hall–Kier alpha value is -2.27. The van der Waals surface area contributed by atoms with E-state index < -0.39 is 0 Å². The summed E-state index contributed by atoms with van der Waals surface area (Å²) in [6.07, 6.45) is 0.972. The molecule has 118 valence electrons. The number of ether oxygens (including phenoxy) is 1. The first-order valence-corrected chi connectivity index (χ1v) is 8.29. The molecule has 0 spiro atoms. The van der Waals surface area contributed by atoms with Crippen molar-refractivity contribution in [2.24, 2.45) is 11.8 Å². The van der Waals surface area contributed by atoms with Crippen molar-refractivity contribution >= 4 is 0 Å². The quantitative estimate of drug-likeness (QED) is 0.807. The van der Waals surface area contributed by atoms with Gasteiger partial charge in [-0.15, -0.1) is 0 Å². The molecule has 23 heavy (non-hydrogen) atoms. The van der Waals surface area contributed by atoms with E-state index >= 15 is 0 Å². The van der Waals surface area contributed by atoms with Crippen LogP contribution < -0.4 is 4.74 Å². The molecule has 0 saturated carbocycles. The van der Waals surface area contributed by atoms with Crippen LogP contribution in [0.5, 0.6) is 5.75 Å². The average molecular weight is 305 g/mol. The molecular formula is C21H23NO. The molecule has 0 amide bonds. The van der Waals surface area contributed by atoms with Crippen LogP contribution in [0.3, 0.4) is 0 Å². The molecule has 0 bridgehead atoms. The molecule has 2 nitrogen and oxygen atoms in total. The van der Waals surface area contributed by atoms with E-state index in [2.05, 4.69) is 45.0 Å². The van der Waals surface area contributed by atoms with E-state index in [-0.39, 0.29) is 5.41 Å². The lowest BCUT2D eigenvalue weighted by Gasteiger charge is -2.31. The smallest absolute Gasteiger partial charge is 0.119 e. The molecule has 3 rings (SSSR count). The van der Waals surface area contributed by atoms with Crippen molar-refractivity contribution in [2.75, 3.05) is 0 Å². The Balaban J connectivity index is 1.85. The zero-order valence-corrected chi connectivity index (χ0v) is 14.0. The average Bonchev–Trinajstić information content (AvgIpc) is 2.85. The lowest BCUT2D eigenvalue weighted by Crippen LogP contribution is -2.34. The van der Waals surface area contributed by atoms with E-state index in [4.69, 9.17) is 4.74 Å². The molecule has 0 heterocycles. The van der Waals surface area contributed by atoms with Gasteiger partial charge in [0.25, 0.3) is 0 Å². The third-order valence-electron chi connectivity index (χ3n) is 5.16. The standard InChI is InChI=1S/C21H23NO/c1-15(2)21(14-22)16(3)11-18-12-17(9-10-20(18)21)13-23-19-7-5-4-6-8-19/h4-10,12,15-16H,11,13H2,1-3H3/t16-,21+/m1/s1. The highest BCUT2D eigenvalue weighted by atomic mass is 16.5. The fraction of sp³-hybridized carbons (Fsp3) is 0.381. The molecule has 0 fully saturated rings. The first-order chi connectivity index (χ1) is 11.1. The highest BCUT2D eigenvalue weighted by molar-refractivity contribution is 5.47. The monoisotopic (exact) mass is 305 g/mol. The summed E-state index contributed by atoms with van der Waals surface area (Å²) in [6, 6.07) is 19.0. The third-order valence-corrected chi connectivity index (χ3v) is 5.16. The molecule has 1 aliphatic carbocycles. The summed E-state index contributed by atoms with van der Waals surface area (Å²) in [4.78, 5) is 0. The van der Waals surface area contributed by atoms with Gasteiger partial charge in [-0.05, 0) is 47.1 Å². The van der Waals surface area contributed by atoms with Crippen LogP contribution in [-0.2, 0) is 18.4 Å². The third kappa shape index (κ3) is 2.61. The summed E-state index contributed by atoms with van der Waals surface area (Å²) in [7, 11) is 0. The number of nitrogens with zero attached hydrogens (tertiary/aromatic N) is 1. The van der Waals surface area contributed by atoms with Gasteiger partial charge in [0.05, 0.1) is 11.5 Å². The van der Waals surface area contributed by atoms with Crippen LogP contribution in [0.1, 0.15) is 37.5 Å². The van der Waals surface area contributed by atoms with Crippen LogP contribution in [0.4, 0.5) is 0 Å². The Labute approximate surface area is 138 Å². The fourth-order valence-corrected chi connectivity index (χ4v) is 3.93. The Morgan fingerprint density at radius 3 is 2.61 bits per heavy atom. The Morgan fingerprint density at radius 1 is 1.22 bits per heavy atom. The topological polar surface area (TPSA) is 33.0 Å². The normalized spacial score (nSPS) is 22.7. The summed E-state index contributed by atoms with van der Waals surface area (Å²) in [5.74, 6) is 1.55. The van der Waals surface area contributed by atoms with Gasteiger partial charge in [0.1, 0.15) is 12.4 Å². The number of benzene rings is 2. The molecular weight excluding hydrogens is 282 g/mol. The van der Waals surface area contributed by atoms with Gasteiger partial charge in [0, 0.05) is 0 Å². The van der Waals surface area contributed by atoms with Crippen molar-refractivity contribution in [1.29, 1.82) is 5.26 Å². The highest BCUT2D eigenvalue weighted by Gasteiger charge is 2.47. The van der Waals surface area contributed by atoms with Crippen molar-refractivity contribution in [3.8, 4) is 11.8 Å². The lowest BCUT2D eigenvalue weighted by molar-refractivity contribution is 0.302. The predicted octanol–water partition coefficient (Wildman–Crippen LogP) is 4.88. The molecule has 2 atom stereocenters. The van der Waals surface area contributed by atoms with E-state index in [9.17, 15) is 5.26 Å². The lowest BCUT2D eigenvalue weighted by atomic mass is 9.69. The van der Waals surface area contributed by atoms with Gasteiger partial charge in [0.2, 0.25) is 0 Å².